The molecule has 12 heterocycles. The van der Waals surface area contributed by atoms with Crippen LogP contribution in [0, 0.1) is 23.7 Å². The fourth-order valence-electron chi connectivity index (χ4n) is 17.4. The summed E-state index contributed by atoms with van der Waals surface area (Å²) in [7, 11) is 0. The zero-order chi connectivity index (χ0) is 84.1. The molecule has 26 heteroatoms. The van der Waals surface area contributed by atoms with Crippen LogP contribution in [0.3, 0.4) is 0 Å². The summed E-state index contributed by atoms with van der Waals surface area (Å²) in [6.07, 6.45) is 21.5. The van der Waals surface area contributed by atoms with E-state index in [1.165, 1.54) is 63.5 Å². The van der Waals surface area contributed by atoms with Crippen molar-refractivity contribution in [3.63, 3.8) is 0 Å². The highest BCUT2D eigenvalue weighted by molar-refractivity contribution is 5.94. The van der Waals surface area contributed by atoms with Gasteiger partial charge in [0.25, 0.3) is 23.6 Å². The van der Waals surface area contributed by atoms with E-state index in [0.717, 1.165) is 257 Å². The first-order valence-electron chi connectivity index (χ1n) is 44.0. The number of ether oxygens (including phenoxy) is 1. The average Bonchev–Trinajstić information content (AvgIpc) is 0.832. The molecule has 4 fully saturated rings. The Balaban J connectivity index is 0.000000139. The van der Waals surface area contributed by atoms with Gasteiger partial charge in [0.2, 0.25) is 17.7 Å². The molecule has 121 heavy (non-hydrogen) atoms. The summed E-state index contributed by atoms with van der Waals surface area (Å²) in [5.41, 5.74) is 17.2. The molecule has 640 valence electrons. The van der Waals surface area contributed by atoms with E-state index in [2.05, 4.69) is 173 Å². The minimum atomic E-state index is -0.151. The molecule has 26 nitrogen and oxygen atoms in total. The molecule has 0 unspecified atom stereocenters. The van der Waals surface area contributed by atoms with Crippen molar-refractivity contribution in [1.29, 1.82) is 0 Å². The second-order valence-electron chi connectivity index (χ2n) is 33.7. The van der Waals surface area contributed by atoms with Crippen molar-refractivity contribution in [2.45, 2.75) is 150 Å². The molecule has 0 bridgehead atoms. The lowest BCUT2D eigenvalue weighted by atomic mass is 9.91. The number of carbonyl (C=O) groups is 7. The second kappa shape index (κ2) is 45.3. The number of rotatable bonds is 28. The topological polar surface area (TPSA) is 290 Å². The summed E-state index contributed by atoms with van der Waals surface area (Å²) in [4.78, 5) is 130. The number of likely N-dealkylation sites (tertiary alicyclic amines) is 3. The van der Waals surface area contributed by atoms with Crippen LogP contribution in [-0.4, -0.2) is 242 Å². The van der Waals surface area contributed by atoms with Gasteiger partial charge >= 0.3 is 0 Å². The first kappa shape index (κ1) is 88.2. The predicted molar refractivity (Wildman–Crippen MR) is 465 cm³/mol. The van der Waals surface area contributed by atoms with Crippen molar-refractivity contribution in [3.05, 3.63) is 243 Å². The normalized spacial score (nSPS) is 17.0. The highest BCUT2D eigenvalue weighted by atomic mass is 16.5. The van der Waals surface area contributed by atoms with E-state index in [0.29, 0.717) is 72.5 Å². The van der Waals surface area contributed by atoms with Crippen LogP contribution in [0.4, 0.5) is 0 Å². The van der Waals surface area contributed by atoms with E-state index < -0.39 is 0 Å². The Morgan fingerprint density at radius 1 is 0.339 bits per heavy atom. The molecule has 4 aromatic heterocycles. The van der Waals surface area contributed by atoms with E-state index in [1.807, 2.05) is 26.8 Å². The van der Waals surface area contributed by atoms with Gasteiger partial charge in [-0.05, 0) is 195 Å². The number of carbonyl (C=O) groups excluding carboxylic acids is 7. The number of piperidine rings is 2. The molecule has 7 amide bonds. The SMILES string of the molecule is CC(=O)N1CC(Cc2cc(C(=O)NCCCN3CCc4ccccc4C3)ncn2)C1.CC(=O)N1CCC(Cc2cc(C(=O)NCCCN3CCc4ccccc4C3)ccn2)CC1.CC(=O)N1CCC(Cc2cc(C(=O)NCCCN3CCc4ccccc4C3)ncn2)CC1.O=C(NCCCN1CCc2ccccc2C1)c1cc(CC2COC2)ncn1. The number of nitrogens with one attached hydrogen (secondary N) is 4. The summed E-state index contributed by atoms with van der Waals surface area (Å²) in [6, 6.07) is 43.7. The quantitative estimate of drug-likeness (QED) is 0.0332. The number of hydrogen-bond donors (Lipinski definition) is 4. The van der Waals surface area contributed by atoms with Crippen LogP contribution in [0.25, 0.3) is 0 Å². The summed E-state index contributed by atoms with van der Waals surface area (Å²) in [5.74, 6) is 1.93. The van der Waals surface area contributed by atoms with E-state index in [4.69, 9.17) is 4.74 Å². The van der Waals surface area contributed by atoms with Crippen LogP contribution in [0.5, 0.6) is 0 Å². The first-order valence-corrected chi connectivity index (χ1v) is 44.0. The van der Waals surface area contributed by atoms with Gasteiger partial charge < -0.3 is 40.7 Å². The van der Waals surface area contributed by atoms with Gasteiger partial charge in [0.1, 0.15) is 36.1 Å². The van der Waals surface area contributed by atoms with Crippen molar-refractivity contribution in [1.82, 2.24) is 90.5 Å². The Kier molecular flexibility index (Phi) is 33.0. The molecule has 16 rings (SSSR count). The Morgan fingerprint density at radius 3 is 0.967 bits per heavy atom. The smallest absolute Gasteiger partial charge is 0.270 e. The minimum absolute atomic E-state index is 0.0240. The molecule has 8 aliphatic heterocycles. The molecular formula is C95H122N18O8. The average molecular weight is 1640 g/mol. The predicted octanol–water partition coefficient (Wildman–Crippen LogP) is 9.04. The van der Waals surface area contributed by atoms with Gasteiger partial charge in [-0.25, -0.2) is 29.9 Å². The van der Waals surface area contributed by atoms with Crippen molar-refractivity contribution in [3.8, 4) is 0 Å². The second-order valence-corrected chi connectivity index (χ2v) is 33.7. The highest BCUT2D eigenvalue weighted by Gasteiger charge is 2.31. The summed E-state index contributed by atoms with van der Waals surface area (Å²) in [5, 5.41) is 12.0. The third-order valence-electron chi connectivity index (χ3n) is 24.8. The van der Waals surface area contributed by atoms with Gasteiger partial charge in [0.15, 0.2) is 0 Å². The molecule has 0 aliphatic carbocycles. The molecule has 0 atom stereocenters. The van der Waals surface area contributed by atoms with Gasteiger partial charge in [-0.15, -0.1) is 0 Å². The van der Waals surface area contributed by atoms with Gasteiger partial charge in [-0.1, -0.05) is 97.1 Å². The molecule has 4 saturated heterocycles. The third-order valence-corrected chi connectivity index (χ3v) is 24.8. The lowest BCUT2D eigenvalue weighted by Crippen LogP contribution is -2.49. The summed E-state index contributed by atoms with van der Waals surface area (Å²) < 4.78 is 5.19. The van der Waals surface area contributed by atoms with Crippen molar-refractivity contribution in [2.24, 2.45) is 23.7 Å². The fraction of sp³-hybridized carbons (Fsp3) is 0.495. The van der Waals surface area contributed by atoms with Gasteiger partial charge in [0.05, 0.1) is 13.2 Å². The van der Waals surface area contributed by atoms with Crippen molar-refractivity contribution < 1.29 is 38.3 Å². The summed E-state index contributed by atoms with van der Waals surface area (Å²) in [6.45, 7) is 26.1. The number of fused-ring (bicyclic) bond motifs is 4. The maximum atomic E-state index is 12.6. The zero-order valence-corrected chi connectivity index (χ0v) is 71.1. The number of aromatic nitrogens is 7. The maximum Gasteiger partial charge on any atom is 0.270 e. The minimum Gasteiger partial charge on any atom is -0.381 e. The number of nitrogens with zero attached hydrogens (tertiary/aromatic N) is 14. The zero-order valence-electron chi connectivity index (χ0n) is 71.1. The van der Waals surface area contributed by atoms with Crippen LogP contribution in [-0.2, 0) is 96.7 Å². The molecule has 0 saturated carbocycles. The number of pyridine rings is 1. The Labute approximate surface area is 713 Å². The number of hydrogen-bond acceptors (Lipinski definition) is 19. The Hall–Kier alpha value is -10.6. The monoisotopic (exact) mass is 1640 g/mol. The largest absolute Gasteiger partial charge is 0.381 e. The Morgan fingerprint density at radius 2 is 0.645 bits per heavy atom. The third kappa shape index (κ3) is 27.2. The first-order chi connectivity index (χ1) is 59.0. The molecule has 8 aromatic rings. The molecular weight excluding hydrogens is 1520 g/mol. The van der Waals surface area contributed by atoms with E-state index in [9.17, 15) is 33.6 Å². The number of amides is 7. The van der Waals surface area contributed by atoms with Gasteiger partial charge in [-0.3, -0.25) is 58.1 Å². The van der Waals surface area contributed by atoms with E-state index in [-0.39, 0.29) is 41.4 Å². The van der Waals surface area contributed by atoms with Crippen molar-refractivity contribution >= 4 is 41.4 Å². The van der Waals surface area contributed by atoms with Crippen LogP contribution >= 0.6 is 0 Å². The van der Waals surface area contributed by atoms with Gasteiger partial charge in [-0.2, -0.15) is 0 Å². The van der Waals surface area contributed by atoms with Gasteiger partial charge in [0, 0.05) is 205 Å². The van der Waals surface area contributed by atoms with E-state index >= 15 is 0 Å². The van der Waals surface area contributed by atoms with Crippen LogP contribution in [0.15, 0.2) is 153 Å². The fourth-order valence-corrected chi connectivity index (χ4v) is 17.4. The number of benzene rings is 4. The lowest BCUT2D eigenvalue weighted by Gasteiger charge is -2.38. The maximum absolute atomic E-state index is 12.6. The van der Waals surface area contributed by atoms with Crippen molar-refractivity contribution in [2.75, 3.05) is 131 Å². The molecule has 0 spiro atoms. The van der Waals surface area contributed by atoms with Crippen LogP contribution in [0.2, 0.25) is 0 Å². The molecule has 8 aliphatic rings. The van der Waals surface area contributed by atoms with Crippen LogP contribution in [0.1, 0.15) is 181 Å². The molecule has 4 N–H and O–H groups in total. The summed E-state index contributed by atoms with van der Waals surface area (Å²) >= 11 is 0. The standard InChI is InChI=1S/C26H34N4O2.C25H33N5O2.C23H29N5O2.C21H26N4O2/c1-20(31)30-15-8-21(9-16-30)17-25-18-23(7-12-27-25)26(32)28-11-4-13-29-14-10-22-5-2-3-6-24(22)19-29;1-19(31)30-13-7-20(8-14-30)15-23-16-24(28-18-27-23)25(32)26-10-4-11-29-12-9-21-5-2-3-6-22(21)17-29;1-17(29)28-13-18(14-28)11-21-12-22(26-16-25-21)23(30)24-8-4-9-27-10-7-19-5-2-3-6-20(19)15-27;26-21(20-11-19(23-15-24-20)10-16-13-27-14-16)22-7-3-8-25-9-6-17-4-1-2-5-18(17)12-25/h2-3,5-7,12,18,21H,4,8-11,13-17,19H2,1H3,(H,28,32);2-3,5-6,16,18,20H,4,7-15,17H2,1H3,(H,26,32);2-3,5-6,12,16,18H,4,7-11,13-15H2,1H3,(H,24,30);1-2,4-5,11,15-16H,3,6-10,12-14H2,(H,22,26). The molecule has 4 aromatic carbocycles. The molecule has 0 radical (unpaired) electrons. The highest BCUT2D eigenvalue weighted by Crippen LogP contribution is 2.27. The Bertz CT molecular complexity index is 4600. The lowest BCUT2D eigenvalue weighted by molar-refractivity contribution is -0.135. The van der Waals surface area contributed by atoms with E-state index in [1.54, 1.807) is 45.2 Å². The van der Waals surface area contributed by atoms with Crippen LogP contribution < -0.4 is 21.3 Å².